The standard InChI is InChI=1S/C17H23N3O3/c1-16(2,3)23-15(21)20-14-13(19)11-8-10(9-18)6-7-12(11)22-17(14,4)5/h6-8,13-14H,19H2,1-5H3,(H,20,21). The van der Waals surface area contributed by atoms with Crippen molar-refractivity contribution in [2.24, 2.45) is 5.73 Å². The van der Waals surface area contributed by atoms with Crippen LogP contribution in [0.1, 0.15) is 51.8 Å². The van der Waals surface area contributed by atoms with Crippen LogP contribution in [0.2, 0.25) is 0 Å². The minimum atomic E-state index is -0.711. The third kappa shape index (κ3) is 3.74. The summed E-state index contributed by atoms with van der Waals surface area (Å²) in [5.41, 5.74) is 6.23. The number of nitrogens with one attached hydrogen (secondary N) is 1. The molecule has 1 aliphatic heterocycles. The molecule has 2 atom stereocenters. The van der Waals surface area contributed by atoms with Gasteiger partial charge in [0.05, 0.1) is 23.7 Å². The summed E-state index contributed by atoms with van der Waals surface area (Å²) in [5, 5.41) is 11.8. The first-order valence-electron chi connectivity index (χ1n) is 7.51. The SMILES string of the molecule is CC(C)(C)OC(=O)NC1C(N)c2cc(C#N)ccc2OC1(C)C. The Morgan fingerprint density at radius 2 is 2.09 bits per heavy atom. The van der Waals surface area contributed by atoms with E-state index in [1.807, 2.05) is 13.8 Å². The predicted molar refractivity (Wildman–Crippen MR) is 86.0 cm³/mol. The van der Waals surface area contributed by atoms with Gasteiger partial charge in [-0.2, -0.15) is 5.26 Å². The zero-order valence-corrected chi connectivity index (χ0v) is 14.1. The Morgan fingerprint density at radius 1 is 1.43 bits per heavy atom. The Bertz CT molecular complexity index is 656. The van der Waals surface area contributed by atoms with Crippen molar-refractivity contribution in [3.05, 3.63) is 29.3 Å². The molecule has 0 aliphatic carbocycles. The second-order valence-corrected chi connectivity index (χ2v) is 7.22. The first-order valence-corrected chi connectivity index (χ1v) is 7.51. The molecule has 0 radical (unpaired) electrons. The molecule has 1 aromatic carbocycles. The number of alkyl carbamates (subject to hydrolysis) is 1. The van der Waals surface area contributed by atoms with E-state index in [0.29, 0.717) is 16.9 Å². The van der Waals surface area contributed by atoms with Crippen LogP contribution in [0.25, 0.3) is 0 Å². The van der Waals surface area contributed by atoms with E-state index in [4.69, 9.17) is 20.5 Å². The number of benzene rings is 1. The average molecular weight is 317 g/mol. The molecule has 23 heavy (non-hydrogen) atoms. The van der Waals surface area contributed by atoms with Gasteiger partial charge in [-0.3, -0.25) is 0 Å². The number of nitrogens with zero attached hydrogens (tertiary/aromatic N) is 1. The van der Waals surface area contributed by atoms with Crippen molar-refractivity contribution >= 4 is 6.09 Å². The monoisotopic (exact) mass is 317 g/mol. The van der Waals surface area contributed by atoms with E-state index in [2.05, 4.69) is 11.4 Å². The van der Waals surface area contributed by atoms with Crippen molar-refractivity contribution in [3.8, 4) is 11.8 Å². The molecule has 0 saturated heterocycles. The largest absolute Gasteiger partial charge is 0.485 e. The maximum Gasteiger partial charge on any atom is 0.408 e. The minimum Gasteiger partial charge on any atom is -0.485 e. The topological polar surface area (TPSA) is 97.4 Å². The van der Waals surface area contributed by atoms with Crippen LogP contribution in [0, 0.1) is 11.3 Å². The Balaban J connectivity index is 2.29. The normalized spacial score (nSPS) is 22.3. The number of carbonyl (C=O) groups excluding carboxylic acids is 1. The molecule has 1 amide bonds. The van der Waals surface area contributed by atoms with Gasteiger partial charge in [0.25, 0.3) is 0 Å². The summed E-state index contributed by atoms with van der Waals surface area (Å²) in [6, 6.07) is 6.20. The molecule has 1 aliphatic rings. The number of nitrogens with two attached hydrogens (primary N) is 1. The number of ether oxygens (including phenoxy) is 2. The average Bonchev–Trinajstić information content (AvgIpc) is 2.41. The molecule has 0 saturated carbocycles. The molecule has 1 heterocycles. The van der Waals surface area contributed by atoms with E-state index in [1.54, 1.807) is 39.0 Å². The number of hydrogen-bond donors (Lipinski definition) is 2. The summed E-state index contributed by atoms with van der Waals surface area (Å²) >= 11 is 0. The predicted octanol–water partition coefficient (Wildman–Crippen LogP) is 2.62. The van der Waals surface area contributed by atoms with Gasteiger partial charge >= 0.3 is 6.09 Å². The lowest BCUT2D eigenvalue weighted by molar-refractivity contribution is 0.0139. The fraction of sp³-hybridized carbons (Fsp3) is 0.529. The highest BCUT2D eigenvalue weighted by Gasteiger charge is 2.43. The highest BCUT2D eigenvalue weighted by Crippen LogP contribution is 2.39. The van der Waals surface area contributed by atoms with Crippen LogP contribution < -0.4 is 15.8 Å². The van der Waals surface area contributed by atoms with Gasteiger partial charge in [-0.15, -0.1) is 0 Å². The summed E-state index contributed by atoms with van der Waals surface area (Å²) in [6.07, 6.45) is -0.547. The molecule has 0 aromatic heterocycles. The van der Waals surface area contributed by atoms with Gasteiger partial charge in [-0.25, -0.2) is 4.79 Å². The lowest BCUT2D eigenvalue weighted by Gasteiger charge is -2.43. The molecule has 6 nitrogen and oxygen atoms in total. The summed E-state index contributed by atoms with van der Waals surface area (Å²) in [4.78, 5) is 12.1. The Morgan fingerprint density at radius 3 is 2.65 bits per heavy atom. The minimum absolute atomic E-state index is 0.487. The Labute approximate surface area is 136 Å². The fourth-order valence-electron chi connectivity index (χ4n) is 2.63. The van der Waals surface area contributed by atoms with Crippen molar-refractivity contribution in [1.82, 2.24) is 5.32 Å². The lowest BCUT2D eigenvalue weighted by atomic mass is 9.84. The van der Waals surface area contributed by atoms with E-state index in [0.717, 1.165) is 0 Å². The lowest BCUT2D eigenvalue weighted by Crippen LogP contribution is -2.60. The van der Waals surface area contributed by atoms with Crippen molar-refractivity contribution in [3.63, 3.8) is 0 Å². The van der Waals surface area contributed by atoms with Gasteiger partial charge in [0, 0.05) is 5.56 Å². The van der Waals surface area contributed by atoms with E-state index in [1.165, 1.54) is 0 Å². The summed E-state index contributed by atoms with van der Waals surface area (Å²) < 4.78 is 11.3. The van der Waals surface area contributed by atoms with Crippen LogP contribution in [0.3, 0.4) is 0 Å². The highest BCUT2D eigenvalue weighted by molar-refractivity contribution is 5.68. The van der Waals surface area contributed by atoms with Crippen LogP contribution in [0.5, 0.6) is 5.75 Å². The number of amides is 1. The highest BCUT2D eigenvalue weighted by atomic mass is 16.6. The maximum absolute atomic E-state index is 12.1. The van der Waals surface area contributed by atoms with Crippen molar-refractivity contribution in [2.75, 3.05) is 0 Å². The molecule has 3 N–H and O–H groups in total. The quantitative estimate of drug-likeness (QED) is 0.830. The number of nitriles is 1. The van der Waals surface area contributed by atoms with Crippen LogP contribution in [0.4, 0.5) is 4.79 Å². The molecule has 0 fully saturated rings. The van der Waals surface area contributed by atoms with Crippen molar-refractivity contribution in [1.29, 1.82) is 5.26 Å². The van der Waals surface area contributed by atoms with Gasteiger partial charge in [0.1, 0.15) is 17.0 Å². The van der Waals surface area contributed by atoms with E-state index < -0.39 is 29.4 Å². The Hall–Kier alpha value is -2.26. The molecule has 2 unspecified atom stereocenters. The summed E-state index contributed by atoms with van der Waals surface area (Å²) in [5.74, 6) is 0.628. The van der Waals surface area contributed by atoms with Crippen molar-refractivity contribution in [2.45, 2.75) is 57.9 Å². The third-order valence-electron chi connectivity index (χ3n) is 3.65. The third-order valence-corrected chi connectivity index (χ3v) is 3.65. The second kappa shape index (κ2) is 5.74. The molecule has 0 bridgehead atoms. The molecule has 0 spiro atoms. The zero-order chi connectivity index (χ0) is 17.4. The van der Waals surface area contributed by atoms with E-state index in [9.17, 15) is 4.79 Å². The fourth-order valence-corrected chi connectivity index (χ4v) is 2.63. The molecular weight excluding hydrogens is 294 g/mol. The first kappa shape index (κ1) is 17.1. The number of fused-ring (bicyclic) bond motifs is 1. The Kier molecular flexibility index (Phi) is 4.27. The van der Waals surface area contributed by atoms with Crippen molar-refractivity contribution < 1.29 is 14.3 Å². The van der Waals surface area contributed by atoms with E-state index in [-0.39, 0.29) is 0 Å². The number of hydrogen-bond acceptors (Lipinski definition) is 5. The summed E-state index contributed by atoms with van der Waals surface area (Å²) in [7, 11) is 0. The van der Waals surface area contributed by atoms with Crippen LogP contribution in [-0.2, 0) is 4.74 Å². The van der Waals surface area contributed by atoms with Crippen LogP contribution in [0.15, 0.2) is 18.2 Å². The molecule has 2 rings (SSSR count). The summed E-state index contributed by atoms with van der Waals surface area (Å²) in [6.45, 7) is 9.10. The molecular formula is C17H23N3O3. The first-order chi connectivity index (χ1) is 10.5. The van der Waals surface area contributed by atoms with Gasteiger partial charge < -0.3 is 20.5 Å². The van der Waals surface area contributed by atoms with Gasteiger partial charge in [0.2, 0.25) is 0 Å². The van der Waals surface area contributed by atoms with Gasteiger partial charge in [-0.1, -0.05) is 0 Å². The maximum atomic E-state index is 12.1. The van der Waals surface area contributed by atoms with Gasteiger partial charge in [0.15, 0.2) is 0 Å². The molecule has 124 valence electrons. The zero-order valence-electron chi connectivity index (χ0n) is 14.1. The van der Waals surface area contributed by atoms with Crippen LogP contribution in [-0.4, -0.2) is 23.3 Å². The smallest absolute Gasteiger partial charge is 0.408 e. The molecule has 1 aromatic rings. The van der Waals surface area contributed by atoms with E-state index >= 15 is 0 Å². The second-order valence-electron chi connectivity index (χ2n) is 7.22. The number of rotatable bonds is 1. The van der Waals surface area contributed by atoms with Gasteiger partial charge in [-0.05, 0) is 52.8 Å². The molecule has 6 heteroatoms. The number of carbonyl (C=O) groups is 1. The van der Waals surface area contributed by atoms with Crippen LogP contribution >= 0.6 is 0 Å².